The van der Waals surface area contributed by atoms with E-state index in [-0.39, 0.29) is 11.8 Å². The molecular weight excluding hydrogens is 266 g/mol. The summed E-state index contributed by atoms with van der Waals surface area (Å²) in [5.74, 6) is -0.413. The van der Waals surface area contributed by atoms with Gasteiger partial charge in [0.2, 0.25) is 0 Å². The van der Waals surface area contributed by atoms with Gasteiger partial charge in [-0.3, -0.25) is 14.5 Å². The number of carbonyl (C=O) groups excluding carboxylic acids is 2. The minimum absolute atomic E-state index is 0.206. The summed E-state index contributed by atoms with van der Waals surface area (Å²) in [6, 6.07) is 0.561. The molecule has 7 heteroatoms. The number of hydrogen-bond acceptors (Lipinski definition) is 5. The minimum atomic E-state index is -2.63. The summed E-state index contributed by atoms with van der Waals surface area (Å²) >= 11 is 0. The molecule has 108 valence electrons. The lowest BCUT2D eigenvalue weighted by molar-refractivity contribution is -0.137. The van der Waals surface area contributed by atoms with Gasteiger partial charge >= 0.3 is 8.80 Å². The molecule has 0 radical (unpaired) electrons. The molecule has 0 bridgehead atoms. The summed E-state index contributed by atoms with van der Waals surface area (Å²) in [7, 11) is 2.00. The van der Waals surface area contributed by atoms with E-state index in [9.17, 15) is 9.59 Å². The molecule has 1 rings (SSSR count). The second kappa shape index (κ2) is 6.42. The lowest BCUT2D eigenvalue weighted by Gasteiger charge is -2.25. The zero-order chi connectivity index (χ0) is 14.6. The van der Waals surface area contributed by atoms with Crippen LogP contribution in [0.2, 0.25) is 6.04 Å². The second-order valence-corrected chi connectivity index (χ2v) is 7.50. The van der Waals surface area contributed by atoms with E-state index in [0.717, 1.165) is 0 Å². The zero-order valence-corrected chi connectivity index (χ0v) is 13.1. The predicted octanol–water partition coefficient (Wildman–Crippen LogP) is 0.960. The highest BCUT2D eigenvalue weighted by Crippen LogP contribution is 2.22. The Morgan fingerprint density at radius 2 is 1.37 bits per heavy atom. The van der Waals surface area contributed by atoms with Crippen molar-refractivity contribution in [2.45, 2.75) is 26.3 Å². The normalized spacial score (nSPS) is 16.8. The van der Waals surface area contributed by atoms with Crippen molar-refractivity contribution in [3.8, 4) is 0 Å². The van der Waals surface area contributed by atoms with E-state index in [2.05, 4.69) is 0 Å². The smallest absolute Gasteiger partial charge is 0.377 e. The van der Waals surface area contributed by atoms with Crippen molar-refractivity contribution < 1.29 is 22.9 Å². The van der Waals surface area contributed by atoms with Gasteiger partial charge in [0.15, 0.2) is 0 Å². The molecule has 0 N–H and O–H groups in total. The highest BCUT2D eigenvalue weighted by molar-refractivity contribution is 6.60. The Bertz CT molecular complexity index is 371. The lowest BCUT2D eigenvalue weighted by atomic mass is 10.2. The molecule has 2 amide bonds. The van der Waals surface area contributed by atoms with Crippen LogP contribution in [0.5, 0.6) is 0 Å². The van der Waals surface area contributed by atoms with E-state index in [1.165, 1.54) is 4.90 Å². The molecule has 0 saturated heterocycles. The third kappa shape index (κ3) is 3.11. The van der Waals surface area contributed by atoms with E-state index in [4.69, 9.17) is 13.3 Å². The lowest BCUT2D eigenvalue weighted by Crippen LogP contribution is -2.43. The van der Waals surface area contributed by atoms with Gasteiger partial charge in [-0.2, -0.15) is 0 Å². The van der Waals surface area contributed by atoms with Crippen LogP contribution in [0.25, 0.3) is 0 Å². The fraction of sp³-hybridized carbons (Fsp3) is 0.667. The highest BCUT2D eigenvalue weighted by Gasteiger charge is 2.38. The fourth-order valence-electron chi connectivity index (χ4n) is 2.03. The van der Waals surface area contributed by atoms with Crippen LogP contribution in [0.3, 0.4) is 0 Å². The first-order valence-electron chi connectivity index (χ1n) is 6.11. The summed E-state index contributed by atoms with van der Waals surface area (Å²) in [5.41, 5.74) is 1.05. The molecule has 1 heterocycles. The van der Waals surface area contributed by atoms with Crippen molar-refractivity contribution in [1.29, 1.82) is 0 Å². The molecule has 1 aliphatic rings. The van der Waals surface area contributed by atoms with Gasteiger partial charge in [-0.15, -0.1) is 0 Å². The monoisotopic (exact) mass is 287 g/mol. The molecule has 0 atom stereocenters. The van der Waals surface area contributed by atoms with E-state index in [0.29, 0.717) is 30.2 Å². The van der Waals surface area contributed by atoms with Gasteiger partial charge in [0, 0.05) is 45.1 Å². The van der Waals surface area contributed by atoms with Gasteiger partial charge < -0.3 is 13.3 Å². The van der Waals surface area contributed by atoms with Crippen LogP contribution in [-0.2, 0) is 22.9 Å². The van der Waals surface area contributed by atoms with Crippen molar-refractivity contribution in [3.05, 3.63) is 11.1 Å². The van der Waals surface area contributed by atoms with Crippen LogP contribution in [-0.4, -0.2) is 53.4 Å². The van der Waals surface area contributed by atoms with Crippen LogP contribution in [0.1, 0.15) is 20.3 Å². The topological polar surface area (TPSA) is 65.1 Å². The molecule has 0 aromatic rings. The van der Waals surface area contributed by atoms with Gasteiger partial charge in [-0.1, -0.05) is 0 Å². The maximum atomic E-state index is 11.9. The predicted molar refractivity (Wildman–Crippen MR) is 71.3 cm³/mol. The Morgan fingerprint density at radius 3 is 1.74 bits per heavy atom. The van der Waals surface area contributed by atoms with Crippen molar-refractivity contribution in [2.24, 2.45) is 0 Å². The van der Waals surface area contributed by atoms with Crippen LogP contribution in [0, 0.1) is 0 Å². The molecule has 0 aromatic carbocycles. The molecule has 6 nitrogen and oxygen atoms in total. The molecular formula is C12H21NO5Si. The largest absolute Gasteiger partial charge is 0.500 e. The molecule has 19 heavy (non-hydrogen) atoms. The Labute approximate surface area is 114 Å². The van der Waals surface area contributed by atoms with Crippen LogP contribution in [0.4, 0.5) is 0 Å². The number of amides is 2. The molecule has 0 spiro atoms. The molecule has 0 aromatic heterocycles. The van der Waals surface area contributed by atoms with Gasteiger partial charge in [-0.05, 0) is 20.3 Å². The van der Waals surface area contributed by atoms with Crippen molar-refractivity contribution in [1.82, 2.24) is 4.90 Å². The van der Waals surface area contributed by atoms with Gasteiger partial charge in [0.05, 0.1) is 0 Å². The van der Waals surface area contributed by atoms with Crippen LogP contribution < -0.4 is 0 Å². The van der Waals surface area contributed by atoms with Crippen molar-refractivity contribution >= 4 is 20.6 Å². The van der Waals surface area contributed by atoms with E-state index < -0.39 is 8.80 Å². The Hall–Kier alpha value is -1.02. The molecule has 0 unspecified atom stereocenters. The number of nitrogens with zero attached hydrogens (tertiary/aromatic N) is 1. The third-order valence-electron chi connectivity index (χ3n) is 3.49. The average molecular weight is 287 g/mol. The summed E-state index contributed by atoms with van der Waals surface area (Å²) in [6.45, 7) is 3.71. The Kier molecular flexibility index (Phi) is 5.42. The fourth-order valence-corrected chi connectivity index (χ4v) is 3.73. The summed E-state index contributed by atoms with van der Waals surface area (Å²) < 4.78 is 15.9. The first-order valence-corrected chi connectivity index (χ1v) is 8.04. The van der Waals surface area contributed by atoms with Crippen LogP contribution in [0.15, 0.2) is 11.1 Å². The molecule has 1 aliphatic heterocycles. The standard InChI is InChI=1S/C12H21NO5Si/c1-9-10(2)12(15)13(11(9)14)7-6-8-19(16-3,17-4)18-5/h6-8H2,1-5H3. The van der Waals surface area contributed by atoms with E-state index in [1.54, 1.807) is 35.2 Å². The minimum Gasteiger partial charge on any atom is -0.377 e. The first-order chi connectivity index (χ1) is 8.92. The van der Waals surface area contributed by atoms with Gasteiger partial charge in [-0.25, -0.2) is 0 Å². The van der Waals surface area contributed by atoms with E-state index >= 15 is 0 Å². The summed E-state index contributed by atoms with van der Waals surface area (Å²) in [5, 5.41) is 0. The average Bonchev–Trinajstić information content (AvgIpc) is 2.61. The maximum absolute atomic E-state index is 11.9. The maximum Gasteiger partial charge on any atom is 0.500 e. The van der Waals surface area contributed by atoms with Crippen molar-refractivity contribution in [3.63, 3.8) is 0 Å². The summed E-state index contributed by atoms with van der Waals surface area (Å²) in [4.78, 5) is 25.0. The Morgan fingerprint density at radius 1 is 0.947 bits per heavy atom. The highest BCUT2D eigenvalue weighted by atomic mass is 28.4. The first kappa shape index (κ1) is 16.0. The number of hydrogen-bond donors (Lipinski definition) is 0. The Balaban J connectivity index is 2.56. The van der Waals surface area contributed by atoms with Crippen molar-refractivity contribution in [2.75, 3.05) is 27.9 Å². The van der Waals surface area contributed by atoms with Gasteiger partial charge in [0.25, 0.3) is 11.8 Å². The number of rotatable bonds is 7. The quantitative estimate of drug-likeness (QED) is 0.515. The summed E-state index contributed by atoms with van der Waals surface area (Å²) in [6.07, 6.45) is 0.597. The number of carbonyl (C=O) groups is 2. The van der Waals surface area contributed by atoms with Crippen LogP contribution >= 0.6 is 0 Å². The second-order valence-electron chi connectivity index (χ2n) is 4.41. The molecule has 0 aliphatic carbocycles. The number of imide groups is 1. The third-order valence-corrected chi connectivity index (χ3v) is 6.32. The molecule has 0 saturated carbocycles. The zero-order valence-electron chi connectivity index (χ0n) is 12.1. The SMILES string of the molecule is CO[Si](CCCN1C(=O)C(C)=C(C)C1=O)(OC)OC. The van der Waals surface area contributed by atoms with E-state index in [1.807, 2.05) is 0 Å². The van der Waals surface area contributed by atoms with Gasteiger partial charge in [0.1, 0.15) is 0 Å². The molecule has 0 fully saturated rings.